The minimum Gasteiger partial charge on any atom is -0.381 e. The highest BCUT2D eigenvalue weighted by molar-refractivity contribution is 7.92. The lowest BCUT2D eigenvalue weighted by atomic mass is 9.89. The van der Waals surface area contributed by atoms with Gasteiger partial charge in [-0.3, -0.25) is 9.48 Å². The Morgan fingerprint density at radius 2 is 1.88 bits per heavy atom. The molecule has 0 amide bonds. The van der Waals surface area contributed by atoms with E-state index in [0.717, 1.165) is 12.8 Å². The summed E-state index contributed by atoms with van der Waals surface area (Å²) in [6, 6.07) is 8.95. The number of ketones is 1. The topological polar surface area (TPSA) is 91.2 Å². The van der Waals surface area contributed by atoms with Crippen LogP contribution in [0, 0.1) is 11.9 Å². The Kier molecular flexibility index (Phi) is 6.01. The van der Waals surface area contributed by atoms with Crippen LogP contribution in [-0.4, -0.2) is 47.4 Å². The molecule has 1 aromatic carbocycles. The first-order chi connectivity index (χ1) is 15.9. The van der Waals surface area contributed by atoms with E-state index in [4.69, 9.17) is 4.74 Å². The normalized spacial score (nSPS) is 18.5. The number of rotatable bonds is 8. The Balaban J connectivity index is 1.52. The maximum atomic E-state index is 13.6. The molecule has 2 aliphatic rings. The molecule has 2 aromatic heterocycles. The van der Waals surface area contributed by atoms with Gasteiger partial charge in [0.2, 0.25) is 5.95 Å². The van der Waals surface area contributed by atoms with Gasteiger partial charge in [-0.25, -0.2) is 13.4 Å². The average molecular weight is 472 g/mol. The van der Waals surface area contributed by atoms with Crippen LogP contribution in [0.15, 0.2) is 47.5 Å². The van der Waals surface area contributed by atoms with Crippen molar-refractivity contribution in [3.05, 3.63) is 54.2 Å². The monoisotopic (exact) mass is 471 g/mol. The standard InChI is InChI=1S/C24H26FN3O4S/c25-24-6-1-3-17(27-24)14-22(29)21(13-16-9-11-32-12-10-16)28-20-4-2-5-23(19(20)15-26-28)33(30,31)18-7-8-18/h1-6,15-16,18,21H,7-14H2. The van der Waals surface area contributed by atoms with Crippen LogP contribution < -0.4 is 0 Å². The third-order valence-electron chi connectivity index (χ3n) is 6.56. The molecule has 174 valence electrons. The first-order valence-corrected chi connectivity index (χ1v) is 12.9. The van der Waals surface area contributed by atoms with Gasteiger partial charge in [-0.05, 0) is 62.3 Å². The van der Waals surface area contributed by atoms with Crippen LogP contribution in [0.4, 0.5) is 4.39 Å². The van der Waals surface area contributed by atoms with Crippen LogP contribution in [0.1, 0.15) is 43.8 Å². The number of hydrogen-bond acceptors (Lipinski definition) is 6. The van der Waals surface area contributed by atoms with E-state index >= 15 is 0 Å². The number of aromatic nitrogens is 3. The summed E-state index contributed by atoms with van der Waals surface area (Å²) in [5, 5.41) is 4.71. The van der Waals surface area contributed by atoms with Gasteiger partial charge in [-0.15, -0.1) is 0 Å². The molecule has 9 heteroatoms. The zero-order chi connectivity index (χ0) is 23.0. The predicted molar refractivity (Wildman–Crippen MR) is 120 cm³/mol. The number of pyridine rings is 1. The van der Waals surface area contributed by atoms with Crippen LogP contribution in [0.3, 0.4) is 0 Å². The molecular weight excluding hydrogens is 445 g/mol. The number of carbonyl (C=O) groups is 1. The number of sulfone groups is 1. The summed E-state index contributed by atoms with van der Waals surface area (Å²) in [7, 11) is -3.41. The molecule has 0 N–H and O–H groups in total. The number of fused-ring (bicyclic) bond motifs is 1. The molecule has 0 bridgehead atoms. The molecule has 0 spiro atoms. The first-order valence-electron chi connectivity index (χ1n) is 11.4. The second-order valence-corrected chi connectivity index (χ2v) is 11.1. The van der Waals surface area contributed by atoms with E-state index in [1.54, 1.807) is 35.1 Å². The quantitative estimate of drug-likeness (QED) is 0.466. The molecule has 1 aliphatic heterocycles. The van der Waals surface area contributed by atoms with Gasteiger partial charge < -0.3 is 4.74 Å². The van der Waals surface area contributed by atoms with E-state index in [1.807, 2.05) is 0 Å². The second-order valence-electron chi connectivity index (χ2n) is 8.92. The lowest BCUT2D eigenvalue weighted by Crippen LogP contribution is -2.27. The number of carbonyl (C=O) groups excluding carboxylic acids is 1. The van der Waals surface area contributed by atoms with Gasteiger partial charge in [0.1, 0.15) is 6.04 Å². The van der Waals surface area contributed by atoms with Gasteiger partial charge >= 0.3 is 0 Å². The van der Waals surface area contributed by atoms with Crippen LogP contribution in [0.2, 0.25) is 0 Å². The Bertz CT molecular complexity index is 1280. The highest BCUT2D eigenvalue weighted by Gasteiger charge is 2.38. The number of Topliss-reactive ketones (excluding diaryl/α,β-unsaturated/α-hetero) is 1. The molecule has 1 saturated heterocycles. The summed E-state index contributed by atoms with van der Waals surface area (Å²) in [6.07, 6.45) is 5.15. The SMILES string of the molecule is O=C(Cc1cccc(F)n1)C(CC1CCOCC1)n1ncc2c(S(=O)(=O)C3CC3)cccc21. The molecule has 1 unspecified atom stereocenters. The molecule has 1 atom stereocenters. The fourth-order valence-electron chi connectivity index (χ4n) is 4.61. The van der Waals surface area contributed by atoms with E-state index in [-0.39, 0.29) is 28.3 Å². The summed E-state index contributed by atoms with van der Waals surface area (Å²) in [6.45, 7) is 1.31. The van der Waals surface area contributed by atoms with Crippen LogP contribution in [0.5, 0.6) is 0 Å². The van der Waals surface area contributed by atoms with Crippen molar-refractivity contribution in [1.29, 1.82) is 0 Å². The summed E-state index contributed by atoms with van der Waals surface area (Å²) < 4.78 is 46.6. The molecule has 33 heavy (non-hydrogen) atoms. The highest BCUT2D eigenvalue weighted by Crippen LogP contribution is 2.37. The van der Waals surface area contributed by atoms with Gasteiger partial charge in [0.05, 0.1) is 34.0 Å². The van der Waals surface area contributed by atoms with Gasteiger partial charge in [-0.1, -0.05) is 12.1 Å². The van der Waals surface area contributed by atoms with Gasteiger partial charge in [0, 0.05) is 18.6 Å². The Hall–Kier alpha value is -2.65. The lowest BCUT2D eigenvalue weighted by molar-refractivity contribution is -0.122. The Labute approximate surface area is 191 Å². The maximum absolute atomic E-state index is 13.6. The molecule has 0 radical (unpaired) electrons. The van der Waals surface area contributed by atoms with Crippen molar-refractivity contribution in [1.82, 2.24) is 14.8 Å². The Morgan fingerprint density at radius 1 is 1.12 bits per heavy atom. The van der Waals surface area contributed by atoms with E-state index in [0.29, 0.717) is 49.1 Å². The predicted octanol–water partition coefficient (Wildman–Crippen LogP) is 3.68. The van der Waals surface area contributed by atoms with E-state index < -0.39 is 21.8 Å². The number of halogens is 1. The van der Waals surface area contributed by atoms with Crippen LogP contribution >= 0.6 is 0 Å². The van der Waals surface area contributed by atoms with Crippen molar-refractivity contribution in [2.24, 2.45) is 5.92 Å². The van der Waals surface area contributed by atoms with Crippen molar-refractivity contribution >= 4 is 26.5 Å². The van der Waals surface area contributed by atoms with Crippen LogP contribution in [-0.2, 0) is 25.8 Å². The molecule has 3 heterocycles. The Morgan fingerprint density at radius 3 is 2.61 bits per heavy atom. The van der Waals surface area contributed by atoms with E-state index in [9.17, 15) is 17.6 Å². The maximum Gasteiger partial charge on any atom is 0.213 e. The van der Waals surface area contributed by atoms with Crippen molar-refractivity contribution in [3.63, 3.8) is 0 Å². The largest absolute Gasteiger partial charge is 0.381 e. The lowest BCUT2D eigenvalue weighted by Gasteiger charge is -2.26. The van der Waals surface area contributed by atoms with Crippen molar-refractivity contribution in [2.75, 3.05) is 13.2 Å². The highest BCUT2D eigenvalue weighted by atomic mass is 32.2. The third-order valence-corrected chi connectivity index (χ3v) is 8.88. The molecule has 2 fully saturated rings. The zero-order valence-electron chi connectivity index (χ0n) is 18.2. The first kappa shape index (κ1) is 22.2. The summed E-state index contributed by atoms with van der Waals surface area (Å²) >= 11 is 0. The minimum absolute atomic E-state index is 0.0208. The molecule has 1 saturated carbocycles. The van der Waals surface area contributed by atoms with E-state index in [1.165, 1.54) is 12.1 Å². The van der Waals surface area contributed by atoms with Crippen molar-refractivity contribution < 1.29 is 22.3 Å². The minimum atomic E-state index is -3.41. The van der Waals surface area contributed by atoms with Gasteiger partial charge in [0.15, 0.2) is 15.6 Å². The second kappa shape index (κ2) is 8.95. The number of ether oxygens (including phenoxy) is 1. The van der Waals surface area contributed by atoms with Crippen LogP contribution in [0.25, 0.3) is 10.9 Å². The number of hydrogen-bond donors (Lipinski definition) is 0. The van der Waals surface area contributed by atoms with Crippen molar-refractivity contribution in [3.8, 4) is 0 Å². The molecule has 3 aromatic rings. The van der Waals surface area contributed by atoms with Gasteiger partial charge in [-0.2, -0.15) is 9.49 Å². The van der Waals surface area contributed by atoms with Crippen molar-refractivity contribution in [2.45, 2.75) is 54.7 Å². The number of nitrogens with zero attached hydrogens (tertiary/aromatic N) is 3. The number of benzene rings is 1. The summed E-state index contributed by atoms with van der Waals surface area (Å²) in [5.41, 5.74) is 0.986. The zero-order valence-corrected chi connectivity index (χ0v) is 19.0. The fourth-order valence-corrected chi connectivity index (χ4v) is 6.46. The average Bonchev–Trinajstić information content (AvgIpc) is 3.59. The van der Waals surface area contributed by atoms with Gasteiger partial charge in [0.25, 0.3) is 0 Å². The molecular formula is C24H26FN3O4S. The summed E-state index contributed by atoms with van der Waals surface area (Å²) in [4.78, 5) is 17.6. The fraction of sp³-hybridized carbons (Fsp3) is 0.458. The third kappa shape index (κ3) is 4.56. The molecule has 1 aliphatic carbocycles. The van der Waals surface area contributed by atoms with E-state index in [2.05, 4.69) is 10.1 Å². The molecule has 5 rings (SSSR count). The smallest absolute Gasteiger partial charge is 0.213 e. The summed E-state index contributed by atoms with van der Waals surface area (Å²) in [5.74, 6) is -0.466. The molecule has 7 nitrogen and oxygen atoms in total.